The highest BCUT2D eigenvalue weighted by Crippen LogP contribution is 2.57. The number of allylic oxidation sites excluding steroid dienone is 2. The normalized spacial score (nSPS) is 28.2. The zero-order valence-corrected chi connectivity index (χ0v) is 30.3. The Bertz CT molecular complexity index is 1920. The molecule has 50 heavy (non-hydrogen) atoms. The van der Waals surface area contributed by atoms with E-state index in [1.54, 1.807) is 12.0 Å². The first kappa shape index (κ1) is 34.7. The molecular formula is C38H45N3O7S2. The van der Waals surface area contributed by atoms with E-state index in [9.17, 15) is 22.8 Å². The van der Waals surface area contributed by atoms with Crippen LogP contribution in [-0.4, -0.2) is 66.9 Å². The van der Waals surface area contributed by atoms with E-state index < -0.39 is 38.7 Å². The van der Waals surface area contributed by atoms with Crippen molar-refractivity contribution in [3.8, 4) is 10.9 Å². The number of amides is 2. The molecule has 0 unspecified atom stereocenters. The van der Waals surface area contributed by atoms with Crippen LogP contribution in [-0.2, 0) is 30.8 Å². The van der Waals surface area contributed by atoms with Crippen LogP contribution in [0.25, 0.3) is 10.2 Å². The maximum atomic E-state index is 14.6. The van der Waals surface area contributed by atoms with Crippen LogP contribution >= 0.6 is 11.3 Å². The Morgan fingerprint density at radius 2 is 1.94 bits per heavy atom. The second kappa shape index (κ2) is 14.1. The molecule has 0 bridgehead atoms. The SMILES string of the molecule is COc1ccc2nc(O[C@@H]3C[C@H]4C(=O)C[C@]5(C(=O)NS(=O)(=O)C6CC6)C[C@@H]5/C=C\CCCCC[C@H](Cc5cccc(C)c5)C(=O)N4C3)sc2c1. The molecule has 2 saturated carbocycles. The van der Waals surface area contributed by atoms with Gasteiger partial charge in [0.15, 0.2) is 5.78 Å². The lowest BCUT2D eigenvalue weighted by Crippen LogP contribution is -2.46. The second-order valence-corrected chi connectivity index (χ2v) is 17.5. The Morgan fingerprint density at radius 3 is 2.72 bits per heavy atom. The van der Waals surface area contributed by atoms with E-state index in [1.165, 1.54) is 11.3 Å². The van der Waals surface area contributed by atoms with Crippen molar-refractivity contribution < 1.29 is 32.3 Å². The van der Waals surface area contributed by atoms with Crippen molar-refractivity contribution >= 4 is 49.2 Å². The summed E-state index contributed by atoms with van der Waals surface area (Å²) in [4.78, 5) is 49.1. The Kier molecular flexibility index (Phi) is 9.77. The van der Waals surface area contributed by atoms with Gasteiger partial charge in [-0.15, -0.1) is 0 Å². The molecule has 0 radical (unpaired) electrons. The minimum atomic E-state index is -3.79. The minimum Gasteiger partial charge on any atom is -0.497 e. The topological polar surface area (TPSA) is 132 Å². The molecule has 12 heteroatoms. The molecule has 2 aromatic carbocycles. The summed E-state index contributed by atoms with van der Waals surface area (Å²) >= 11 is 1.38. The number of Topliss-reactive ketones (excluding diaryl/α,β-unsaturated/α-hetero) is 1. The number of carbonyl (C=O) groups excluding carboxylic acids is 3. The lowest BCUT2D eigenvalue weighted by molar-refractivity contribution is -0.142. The van der Waals surface area contributed by atoms with Gasteiger partial charge in [-0.3, -0.25) is 19.1 Å². The molecule has 1 N–H and O–H groups in total. The molecule has 3 heterocycles. The van der Waals surface area contributed by atoms with Gasteiger partial charge < -0.3 is 14.4 Å². The zero-order valence-electron chi connectivity index (χ0n) is 28.6. The number of ether oxygens (including phenoxy) is 2. The van der Waals surface area contributed by atoms with E-state index >= 15 is 0 Å². The van der Waals surface area contributed by atoms with Crippen molar-refractivity contribution in [2.45, 2.75) is 94.9 Å². The molecule has 2 aliphatic carbocycles. The van der Waals surface area contributed by atoms with Gasteiger partial charge in [-0.2, -0.15) is 0 Å². The molecule has 7 rings (SSSR count). The highest BCUT2D eigenvalue weighted by atomic mass is 32.2. The van der Waals surface area contributed by atoms with Crippen molar-refractivity contribution in [2.75, 3.05) is 13.7 Å². The number of benzene rings is 2. The van der Waals surface area contributed by atoms with Crippen molar-refractivity contribution in [3.63, 3.8) is 0 Å². The number of hydrogen-bond acceptors (Lipinski definition) is 9. The van der Waals surface area contributed by atoms with Crippen LogP contribution in [0.3, 0.4) is 0 Å². The molecule has 3 aromatic rings. The fraction of sp³-hybridized carbons (Fsp3) is 0.526. The van der Waals surface area contributed by atoms with Crippen molar-refractivity contribution in [1.82, 2.24) is 14.6 Å². The third-order valence-corrected chi connectivity index (χ3v) is 13.5. The van der Waals surface area contributed by atoms with E-state index in [4.69, 9.17) is 9.47 Å². The van der Waals surface area contributed by atoms with Crippen LogP contribution < -0.4 is 14.2 Å². The van der Waals surface area contributed by atoms with Crippen molar-refractivity contribution in [3.05, 3.63) is 65.7 Å². The van der Waals surface area contributed by atoms with Crippen LogP contribution in [0, 0.1) is 24.2 Å². The zero-order chi connectivity index (χ0) is 35.0. The van der Waals surface area contributed by atoms with Crippen LogP contribution in [0.1, 0.15) is 75.3 Å². The third kappa shape index (κ3) is 7.46. The average molecular weight is 720 g/mol. The number of carbonyl (C=O) groups is 3. The number of methoxy groups -OCH3 is 1. The maximum absolute atomic E-state index is 14.6. The fourth-order valence-electron chi connectivity index (χ4n) is 7.65. The van der Waals surface area contributed by atoms with E-state index in [0.717, 1.165) is 47.0 Å². The number of aromatic nitrogens is 1. The molecule has 3 fully saturated rings. The smallest absolute Gasteiger partial charge is 0.274 e. The molecule has 5 atom stereocenters. The number of thiazole rings is 1. The third-order valence-electron chi connectivity index (χ3n) is 10.7. The summed E-state index contributed by atoms with van der Waals surface area (Å²) in [5, 5.41) is -0.103. The standard InChI is InChI=1S/C38H45N3O7S2/c1-24-9-8-10-25(17-24)18-26-11-6-4-3-5-7-12-27-21-38(27,36(44)40-50(45,46)30-14-15-30)22-33(42)32-19-29(23-41(32)35(26)43)48-37-39-31-16-13-28(47-2)20-34(31)49-37/h7-10,12-13,16-17,20,26-27,29-30,32H,3-6,11,14-15,18-19,21-23H2,1-2H3,(H,40,44)/b12-7-/t26-,27+,29-,32+,38-/m1/s1. The fourth-order valence-corrected chi connectivity index (χ4v) is 9.94. The quantitative estimate of drug-likeness (QED) is 0.284. The molecule has 266 valence electrons. The van der Waals surface area contributed by atoms with Gasteiger partial charge in [-0.1, -0.05) is 66.2 Å². The molecule has 1 aromatic heterocycles. The molecule has 1 saturated heterocycles. The summed E-state index contributed by atoms with van der Waals surface area (Å²) in [5.41, 5.74) is 1.82. The monoisotopic (exact) mass is 719 g/mol. The second-order valence-electron chi connectivity index (χ2n) is 14.5. The van der Waals surface area contributed by atoms with E-state index in [0.29, 0.717) is 43.0 Å². The molecule has 2 aliphatic heterocycles. The number of rotatable bonds is 8. The number of ketones is 1. The van der Waals surface area contributed by atoms with Crippen molar-refractivity contribution in [1.29, 1.82) is 0 Å². The highest BCUT2D eigenvalue weighted by Gasteiger charge is 2.61. The van der Waals surface area contributed by atoms with Gasteiger partial charge in [0.25, 0.3) is 5.19 Å². The number of nitrogens with one attached hydrogen (secondary N) is 1. The van der Waals surface area contributed by atoms with Crippen LogP contribution in [0.5, 0.6) is 10.9 Å². The maximum Gasteiger partial charge on any atom is 0.274 e. The van der Waals surface area contributed by atoms with Crippen LogP contribution in [0.15, 0.2) is 54.6 Å². The predicted molar refractivity (Wildman–Crippen MR) is 192 cm³/mol. The average Bonchev–Trinajstić information content (AvgIpc) is 3.98. The molecule has 4 aliphatic rings. The Labute approximate surface area is 297 Å². The number of sulfonamides is 1. The van der Waals surface area contributed by atoms with E-state index in [-0.39, 0.29) is 42.9 Å². The van der Waals surface area contributed by atoms with Gasteiger partial charge in [-0.05, 0) is 81.5 Å². The summed E-state index contributed by atoms with van der Waals surface area (Å²) in [7, 11) is -2.18. The van der Waals surface area contributed by atoms with Gasteiger partial charge in [0, 0.05) is 18.8 Å². The van der Waals surface area contributed by atoms with Gasteiger partial charge in [0.1, 0.15) is 11.9 Å². The first-order valence-electron chi connectivity index (χ1n) is 17.8. The minimum absolute atomic E-state index is 0.0832. The first-order chi connectivity index (χ1) is 24.0. The summed E-state index contributed by atoms with van der Waals surface area (Å²) in [6, 6.07) is 13.0. The summed E-state index contributed by atoms with van der Waals surface area (Å²) in [5.74, 6) is -0.778. The molecule has 0 spiro atoms. The molecular weight excluding hydrogens is 675 g/mol. The summed E-state index contributed by atoms with van der Waals surface area (Å²) in [6.45, 7) is 2.26. The first-order valence-corrected chi connectivity index (χ1v) is 20.1. The number of fused-ring (bicyclic) bond motifs is 3. The highest BCUT2D eigenvalue weighted by molar-refractivity contribution is 7.90. The van der Waals surface area contributed by atoms with E-state index in [1.807, 2.05) is 49.4 Å². The number of nitrogens with zero attached hydrogens (tertiary/aromatic N) is 2. The molecule has 10 nitrogen and oxygen atoms in total. The van der Waals surface area contributed by atoms with Crippen LogP contribution in [0.4, 0.5) is 0 Å². The Morgan fingerprint density at radius 1 is 1.10 bits per heavy atom. The Balaban J connectivity index is 1.18. The van der Waals surface area contributed by atoms with Gasteiger partial charge in [0.05, 0.1) is 40.6 Å². The summed E-state index contributed by atoms with van der Waals surface area (Å²) in [6.07, 6.45) is 10.0. The lowest BCUT2D eigenvalue weighted by Gasteiger charge is -2.29. The van der Waals surface area contributed by atoms with Gasteiger partial charge in [-0.25, -0.2) is 13.4 Å². The van der Waals surface area contributed by atoms with Gasteiger partial charge >= 0.3 is 0 Å². The van der Waals surface area contributed by atoms with E-state index in [2.05, 4.69) is 21.8 Å². The number of aryl methyl sites for hydroxylation is 1. The van der Waals surface area contributed by atoms with Crippen LogP contribution in [0.2, 0.25) is 0 Å². The van der Waals surface area contributed by atoms with Crippen molar-refractivity contribution in [2.24, 2.45) is 17.3 Å². The Hall–Kier alpha value is -3.77. The summed E-state index contributed by atoms with van der Waals surface area (Å²) < 4.78 is 40.6. The largest absolute Gasteiger partial charge is 0.497 e. The number of hydrogen-bond donors (Lipinski definition) is 1. The molecule has 2 amide bonds. The lowest BCUT2D eigenvalue weighted by atomic mass is 9.89. The predicted octanol–water partition coefficient (Wildman–Crippen LogP) is 5.91. The van der Waals surface area contributed by atoms with Gasteiger partial charge in [0.2, 0.25) is 21.8 Å².